The molecule has 0 aliphatic carbocycles. The van der Waals surface area contributed by atoms with E-state index in [1.165, 1.54) is 0 Å². The first-order valence-electron chi connectivity index (χ1n) is 6.84. The molecule has 0 atom stereocenters. The van der Waals surface area contributed by atoms with Gasteiger partial charge < -0.3 is 5.32 Å². The lowest BCUT2D eigenvalue weighted by Crippen LogP contribution is -2.15. The summed E-state index contributed by atoms with van der Waals surface area (Å²) in [6.07, 6.45) is 2.30. The number of amides is 1. The van der Waals surface area contributed by atoms with Crippen molar-refractivity contribution in [2.75, 3.05) is 5.32 Å². The van der Waals surface area contributed by atoms with Crippen LogP contribution in [0.2, 0.25) is 0 Å². The predicted octanol–water partition coefficient (Wildman–Crippen LogP) is 1.89. The van der Waals surface area contributed by atoms with Gasteiger partial charge in [-0.1, -0.05) is 13.3 Å². The number of aromatic amines is 1. The molecule has 0 bridgehead atoms. The number of hydrogen-bond donors (Lipinski definition) is 2. The summed E-state index contributed by atoms with van der Waals surface area (Å²) in [5, 5.41) is 14.1. The SMILES string of the molecule is CCCc1cc(NC(=O)Cc2c(C)nn(C)c2C)n[nH]1. The molecule has 2 aromatic heterocycles. The first-order valence-corrected chi connectivity index (χ1v) is 6.84. The highest BCUT2D eigenvalue weighted by atomic mass is 16.1. The zero-order valence-corrected chi connectivity index (χ0v) is 12.4. The van der Waals surface area contributed by atoms with Crippen molar-refractivity contribution in [1.82, 2.24) is 20.0 Å². The summed E-state index contributed by atoms with van der Waals surface area (Å²) in [5.74, 6) is 0.511. The van der Waals surface area contributed by atoms with Crippen LogP contribution in [0.25, 0.3) is 0 Å². The number of nitrogens with zero attached hydrogens (tertiary/aromatic N) is 3. The monoisotopic (exact) mass is 275 g/mol. The third-order valence-corrected chi connectivity index (χ3v) is 3.41. The molecule has 1 amide bonds. The molecule has 6 nitrogen and oxygen atoms in total. The van der Waals surface area contributed by atoms with Crippen molar-refractivity contribution in [3.63, 3.8) is 0 Å². The summed E-state index contributed by atoms with van der Waals surface area (Å²) < 4.78 is 1.80. The maximum atomic E-state index is 12.1. The van der Waals surface area contributed by atoms with Crippen molar-refractivity contribution in [1.29, 1.82) is 0 Å². The van der Waals surface area contributed by atoms with E-state index >= 15 is 0 Å². The molecule has 0 aliphatic rings. The van der Waals surface area contributed by atoms with Crippen molar-refractivity contribution in [2.24, 2.45) is 7.05 Å². The van der Waals surface area contributed by atoms with Crippen molar-refractivity contribution >= 4 is 11.7 Å². The Hall–Kier alpha value is -2.11. The van der Waals surface area contributed by atoms with Crippen LogP contribution in [0.4, 0.5) is 5.82 Å². The molecule has 6 heteroatoms. The molecular formula is C14H21N5O. The Kier molecular flexibility index (Phi) is 4.22. The lowest BCUT2D eigenvalue weighted by atomic mass is 10.1. The molecule has 20 heavy (non-hydrogen) atoms. The molecule has 0 saturated heterocycles. The van der Waals surface area contributed by atoms with Crippen LogP contribution in [0.1, 0.15) is 36.0 Å². The minimum atomic E-state index is -0.0706. The van der Waals surface area contributed by atoms with Crippen molar-refractivity contribution < 1.29 is 4.79 Å². The Balaban J connectivity index is 2.01. The third-order valence-electron chi connectivity index (χ3n) is 3.41. The van der Waals surface area contributed by atoms with E-state index in [1.54, 1.807) is 4.68 Å². The molecule has 108 valence electrons. The van der Waals surface area contributed by atoms with Crippen LogP contribution in [0.5, 0.6) is 0 Å². The number of rotatable bonds is 5. The Morgan fingerprint density at radius 2 is 2.20 bits per heavy atom. The second-order valence-corrected chi connectivity index (χ2v) is 5.03. The van der Waals surface area contributed by atoms with Gasteiger partial charge in [-0.25, -0.2) is 0 Å². The number of H-pyrrole nitrogens is 1. The van der Waals surface area contributed by atoms with Gasteiger partial charge in [0.15, 0.2) is 5.82 Å². The second kappa shape index (κ2) is 5.90. The van der Waals surface area contributed by atoms with Gasteiger partial charge in [-0.3, -0.25) is 14.6 Å². The lowest BCUT2D eigenvalue weighted by Gasteiger charge is -2.02. The molecule has 0 unspecified atom stereocenters. The number of aryl methyl sites for hydroxylation is 3. The van der Waals surface area contributed by atoms with Gasteiger partial charge in [0.2, 0.25) is 5.91 Å². The number of carbonyl (C=O) groups excluding carboxylic acids is 1. The topological polar surface area (TPSA) is 75.6 Å². The van der Waals surface area contributed by atoms with Crippen LogP contribution in [-0.2, 0) is 24.7 Å². The zero-order chi connectivity index (χ0) is 14.7. The van der Waals surface area contributed by atoms with Gasteiger partial charge >= 0.3 is 0 Å². The summed E-state index contributed by atoms with van der Waals surface area (Å²) >= 11 is 0. The number of hydrogen-bond acceptors (Lipinski definition) is 3. The predicted molar refractivity (Wildman–Crippen MR) is 77.6 cm³/mol. The molecule has 2 N–H and O–H groups in total. The van der Waals surface area contributed by atoms with Gasteiger partial charge in [-0.05, 0) is 20.3 Å². The van der Waals surface area contributed by atoms with Gasteiger partial charge in [0.1, 0.15) is 0 Å². The largest absolute Gasteiger partial charge is 0.309 e. The summed E-state index contributed by atoms with van der Waals surface area (Å²) in [7, 11) is 1.88. The van der Waals surface area contributed by atoms with Gasteiger partial charge in [0, 0.05) is 30.1 Å². The average molecular weight is 275 g/mol. The number of anilines is 1. The number of aromatic nitrogens is 4. The maximum absolute atomic E-state index is 12.1. The van der Waals surface area contributed by atoms with Crippen molar-refractivity contribution in [2.45, 2.75) is 40.0 Å². The zero-order valence-electron chi connectivity index (χ0n) is 12.4. The van der Waals surface area contributed by atoms with Crippen LogP contribution in [-0.4, -0.2) is 25.9 Å². The minimum Gasteiger partial charge on any atom is -0.309 e. The maximum Gasteiger partial charge on any atom is 0.230 e. The Labute approximate surface area is 118 Å². The Morgan fingerprint density at radius 3 is 2.80 bits per heavy atom. The standard InChI is InChI=1S/C14H21N5O/c1-5-6-11-7-13(17-16-11)15-14(20)8-12-9(2)18-19(4)10(12)3/h7H,5-6,8H2,1-4H3,(H2,15,16,17,20). The number of carbonyl (C=O) groups is 1. The third kappa shape index (κ3) is 3.07. The van der Waals surface area contributed by atoms with E-state index in [9.17, 15) is 4.79 Å². The molecule has 0 spiro atoms. The molecule has 0 radical (unpaired) electrons. The Bertz CT molecular complexity index is 611. The molecule has 0 fully saturated rings. The van der Waals surface area contributed by atoms with Gasteiger partial charge in [-0.2, -0.15) is 10.2 Å². The van der Waals surface area contributed by atoms with E-state index in [0.29, 0.717) is 12.2 Å². The molecular weight excluding hydrogens is 254 g/mol. The summed E-state index contributed by atoms with van der Waals surface area (Å²) in [6.45, 7) is 5.99. The normalized spacial score (nSPS) is 10.8. The van der Waals surface area contributed by atoms with E-state index in [2.05, 4.69) is 27.5 Å². The van der Waals surface area contributed by atoms with Crippen molar-refractivity contribution in [3.05, 3.63) is 28.7 Å². The summed E-state index contributed by atoms with van der Waals surface area (Å²) in [4.78, 5) is 12.1. The minimum absolute atomic E-state index is 0.0706. The smallest absolute Gasteiger partial charge is 0.230 e. The molecule has 0 saturated carbocycles. The van der Waals surface area contributed by atoms with E-state index in [1.807, 2.05) is 27.0 Å². The van der Waals surface area contributed by atoms with E-state index in [-0.39, 0.29) is 5.91 Å². The highest BCUT2D eigenvalue weighted by Gasteiger charge is 2.14. The van der Waals surface area contributed by atoms with Crippen LogP contribution in [0, 0.1) is 13.8 Å². The molecule has 2 rings (SSSR count). The highest BCUT2D eigenvalue weighted by Crippen LogP contribution is 2.14. The lowest BCUT2D eigenvalue weighted by molar-refractivity contribution is -0.115. The van der Waals surface area contributed by atoms with Gasteiger partial charge in [0.25, 0.3) is 0 Å². The van der Waals surface area contributed by atoms with Crippen LogP contribution < -0.4 is 5.32 Å². The molecule has 0 aliphatic heterocycles. The van der Waals surface area contributed by atoms with Gasteiger partial charge in [0.05, 0.1) is 12.1 Å². The molecule has 0 aromatic carbocycles. The Morgan fingerprint density at radius 1 is 1.45 bits per heavy atom. The molecule has 2 aromatic rings. The average Bonchev–Trinajstić information content (AvgIpc) is 2.91. The van der Waals surface area contributed by atoms with Crippen LogP contribution >= 0.6 is 0 Å². The van der Waals surface area contributed by atoms with E-state index in [4.69, 9.17) is 0 Å². The van der Waals surface area contributed by atoms with E-state index < -0.39 is 0 Å². The van der Waals surface area contributed by atoms with Gasteiger partial charge in [-0.15, -0.1) is 0 Å². The van der Waals surface area contributed by atoms with Crippen LogP contribution in [0.15, 0.2) is 6.07 Å². The first kappa shape index (κ1) is 14.3. The summed E-state index contributed by atoms with van der Waals surface area (Å²) in [5.41, 5.74) is 3.94. The van der Waals surface area contributed by atoms with Crippen LogP contribution in [0.3, 0.4) is 0 Å². The fourth-order valence-electron chi connectivity index (χ4n) is 2.24. The van der Waals surface area contributed by atoms with Crippen molar-refractivity contribution in [3.8, 4) is 0 Å². The first-order chi connectivity index (χ1) is 9.51. The summed E-state index contributed by atoms with van der Waals surface area (Å²) in [6, 6.07) is 1.88. The fraction of sp³-hybridized carbons (Fsp3) is 0.500. The quantitative estimate of drug-likeness (QED) is 0.875. The number of nitrogens with one attached hydrogen (secondary N) is 2. The molecule has 2 heterocycles. The van der Waals surface area contributed by atoms with E-state index in [0.717, 1.165) is 35.5 Å². The second-order valence-electron chi connectivity index (χ2n) is 5.03. The fourth-order valence-corrected chi connectivity index (χ4v) is 2.24. The highest BCUT2D eigenvalue weighted by molar-refractivity contribution is 5.91.